The Labute approximate surface area is 132 Å². The van der Waals surface area contributed by atoms with Crippen molar-refractivity contribution in [2.75, 3.05) is 5.75 Å². The number of benzene rings is 1. The van der Waals surface area contributed by atoms with Crippen LogP contribution < -0.4 is 11.3 Å². The number of thioether (sulfide) groups is 1. The Balaban J connectivity index is 2.00. The second-order valence-electron chi connectivity index (χ2n) is 3.62. The fourth-order valence-electron chi connectivity index (χ4n) is 1.46. The van der Waals surface area contributed by atoms with Crippen LogP contribution in [0.3, 0.4) is 0 Å². The Morgan fingerprint density at radius 3 is 2.50 bits per heavy atom. The van der Waals surface area contributed by atoms with Crippen molar-refractivity contribution in [1.82, 2.24) is 5.43 Å². The summed E-state index contributed by atoms with van der Waals surface area (Å²) in [4.78, 5) is 2.48. The molecule has 18 heavy (non-hydrogen) atoms. The van der Waals surface area contributed by atoms with Gasteiger partial charge in [-0.1, -0.05) is 15.9 Å². The van der Waals surface area contributed by atoms with Crippen molar-refractivity contribution in [3.8, 4) is 0 Å². The molecule has 0 spiro atoms. The molecule has 2 rings (SSSR count). The van der Waals surface area contributed by atoms with E-state index in [1.807, 2.05) is 12.1 Å². The van der Waals surface area contributed by atoms with E-state index in [2.05, 4.69) is 60.9 Å². The first-order valence-corrected chi connectivity index (χ1v) is 8.73. The molecule has 0 aliphatic carbocycles. The van der Waals surface area contributed by atoms with Gasteiger partial charge in [-0.25, -0.2) is 0 Å². The SMILES string of the molecule is NNC(CSc1ccc(Br)cc1)c1sccc1Br. The lowest BCUT2D eigenvalue weighted by Gasteiger charge is -2.14. The summed E-state index contributed by atoms with van der Waals surface area (Å²) < 4.78 is 2.22. The van der Waals surface area contributed by atoms with E-state index in [9.17, 15) is 0 Å². The Kier molecular flexibility index (Phi) is 5.72. The van der Waals surface area contributed by atoms with Crippen LogP contribution in [0.4, 0.5) is 0 Å². The van der Waals surface area contributed by atoms with Gasteiger partial charge >= 0.3 is 0 Å². The fourth-order valence-corrected chi connectivity index (χ4v) is 4.50. The monoisotopic (exact) mass is 406 g/mol. The predicted molar refractivity (Wildman–Crippen MR) is 86.9 cm³/mol. The van der Waals surface area contributed by atoms with Crippen molar-refractivity contribution >= 4 is 55.0 Å². The molecule has 0 saturated carbocycles. The zero-order chi connectivity index (χ0) is 13.0. The van der Waals surface area contributed by atoms with E-state index in [0.29, 0.717) is 0 Å². The van der Waals surface area contributed by atoms with Gasteiger partial charge in [-0.15, -0.1) is 23.1 Å². The molecule has 1 aromatic heterocycles. The fraction of sp³-hybridized carbons (Fsp3) is 0.167. The minimum absolute atomic E-state index is 0.160. The maximum absolute atomic E-state index is 5.64. The zero-order valence-electron chi connectivity index (χ0n) is 9.40. The number of nitrogens with two attached hydrogens (primary N) is 1. The Hall–Kier alpha value is 0.150. The molecule has 2 aromatic rings. The van der Waals surface area contributed by atoms with Crippen molar-refractivity contribution in [3.05, 3.63) is 49.5 Å². The number of hydrogen-bond donors (Lipinski definition) is 2. The summed E-state index contributed by atoms with van der Waals surface area (Å²) in [6.07, 6.45) is 0. The molecule has 0 radical (unpaired) electrons. The van der Waals surface area contributed by atoms with Gasteiger partial charge in [0.05, 0.1) is 6.04 Å². The molecular formula is C12H12Br2N2S2. The first kappa shape index (κ1) is 14.6. The molecule has 96 valence electrons. The number of hydrazine groups is 1. The number of halogens is 2. The van der Waals surface area contributed by atoms with Gasteiger partial charge in [-0.2, -0.15) is 0 Å². The summed E-state index contributed by atoms with van der Waals surface area (Å²) >= 11 is 10.5. The summed E-state index contributed by atoms with van der Waals surface area (Å²) in [6, 6.07) is 10.5. The van der Waals surface area contributed by atoms with E-state index in [1.54, 1.807) is 23.1 Å². The van der Waals surface area contributed by atoms with Crippen LogP contribution in [-0.2, 0) is 0 Å². The first-order chi connectivity index (χ1) is 8.70. The third-order valence-electron chi connectivity index (χ3n) is 2.39. The lowest BCUT2D eigenvalue weighted by Crippen LogP contribution is -2.29. The topological polar surface area (TPSA) is 38.0 Å². The lowest BCUT2D eigenvalue weighted by atomic mass is 10.3. The van der Waals surface area contributed by atoms with Crippen LogP contribution in [0.15, 0.2) is 49.6 Å². The number of thiophene rings is 1. The van der Waals surface area contributed by atoms with Crippen LogP contribution >= 0.6 is 55.0 Å². The van der Waals surface area contributed by atoms with Gasteiger partial charge in [-0.05, 0) is 51.6 Å². The highest BCUT2D eigenvalue weighted by Crippen LogP contribution is 2.32. The smallest absolute Gasteiger partial charge is 0.0658 e. The summed E-state index contributed by atoms with van der Waals surface area (Å²) in [5, 5.41) is 2.06. The van der Waals surface area contributed by atoms with Crippen LogP contribution in [0.25, 0.3) is 0 Å². The Morgan fingerprint density at radius 1 is 1.22 bits per heavy atom. The van der Waals surface area contributed by atoms with Gasteiger partial charge in [0.25, 0.3) is 0 Å². The van der Waals surface area contributed by atoms with Gasteiger partial charge < -0.3 is 0 Å². The van der Waals surface area contributed by atoms with Crippen molar-refractivity contribution in [3.63, 3.8) is 0 Å². The lowest BCUT2D eigenvalue weighted by molar-refractivity contribution is 0.618. The van der Waals surface area contributed by atoms with Crippen LogP contribution in [-0.4, -0.2) is 5.75 Å². The number of rotatable bonds is 5. The van der Waals surface area contributed by atoms with Crippen molar-refractivity contribution in [2.24, 2.45) is 5.84 Å². The average molecular weight is 408 g/mol. The minimum Gasteiger partial charge on any atom is -0.271 e. The van der Waals surface area contributed by atoms with E-state index >= 15 is 0 Å². The maximum atomic E-state index is 5.64. The number of nitrogens with one attached hydrogen (secondary N) is 1. The van der Waals surface area contributed by atoms with Gasteiger partial charge in [-0.3, -0.25) is 11.3 Å². The highest BCUT2D eigenvalue weighted by Gasteiger charge is 2.14. The van der Waals surface area contributed by atoms with E-state index in [-0.39, 0.29) is 6.04 Å². The first-order valence-electron chi connectivity index (χ1n) is 5.28. The van der Waals surface area contributed by atoms with Gasteiger partial charge in [0.15, 0.2) is 0 Å². The van der Waals surface area contributed by atoms with Crippen molar-refractivity contribution in [2.45, 2.75) is 10.9 Å². The standard InChI is InChI=1S/C12H12Br2N2S2/c13-8-1-3-9(4-2-8)18-7-11(16-15)12-10(14)5-6-17-12/h1-6,11,16H,7,15H2. The molecule has 2 nitrogen and oxygen atoms in total. The second-order valence-corrected chi connectivity index (χ2v) is 7.43. The molecule has 0 amide bonds. The molecule has 1 unspecified atom stereocenters. The van der Waals surface area contributed by atoms with Gasteiger partial charge in [0.2, 0.25) is 0 Å². The third-order valence-corrected chi connectivity index (χ3v) is 6.01. The van der Waals surface area contributed by atoms with Crippen LogP contribution in [0.1, 0.15) is 10.9 Å². The molecule has 3 N–H and O–H groups in total. The van der Waals surface area contributed by atoms with Crippen LogP contribution in [0.5, 0.6) is 0 Å². The molecule has 1 aromatic carbocycles. The summed E-state index contributed by atoms with van der Waals surface area (Å²) in [6.45, 7) is 0. The van der Waals surface area contributed by atoms with E-state index in [0.717, 1.165) is 14.7 Å². The molecule has 1 atom stereocenters. The summed E-state index contributed by atoms with van der Waals surface area (Å²) in [5.41, 5.74) is 2.88. The third kappa shape index (κ3) is 3.82. The average Bonchev–Trinajstić information content (AvgIpc) is 2.79. The Morgan fingerprint density at radius 2 is 1.94 bits per heavy atom. The highest BCUT2D eigenvalue weighted by molar-refractivity contribution is 9.10. The van der Waals surface area contributed by atoms with Gasteiger partial charge in [0.1, 0.15) is 0 Å². The molecule has 0 aliphatic rings. The van der Waals surface area contributed by atoms with Crippen LogP contribution in [0.2, 0.25) is 0 Å². The second kappa shape index (κ2) is 7.07. The predicted octanol–water partition coefficient (Wildman–Crippen LogP) is 4.57. The molecule has 6 heteroatoms. The van der Waals surface area contributed by atoms with E-state index in [1.165, 1.54) is 9.77 Å². The van der Waals surface area contributed by atoms with Crippen molar-refractivity contribution < 1.29 is 0 Å². The molecular weight excluding hydrogens is 396 g/mol. The zero-order valence-corrected chi connectivity index (χ0v) is 14.2. The van der Waals surface area contributed by atoms with Crippen LogP contribution in [0, 0.1) is 0 Å². The molecule has 0 aliphatic heterocycles. The summed E-state index contributed by atoms with van der Waals surface area (Å²) in [7, 11) is 0. The number of hydrogen-bond acceptors (Lipinski definition) is 4. The molecule has 0 fully saturated rings. The largest absolute Gasteiger partial charge is 0.271 e. The molecule has 1 heterocycles. The summed E-state index contributed by atoms with van der Waals surface area (Å²) in [5.74, 6) is 6.54. The van der Waals surface area contributed by atoms with E-state index in [4.69, 9.17) is 5.84 Å². The molecule has 0 bridgehead atoms. The van der Waals surface area contributed by atoms with E-state index < -0.39 is 0 Å². The van der Waals surface area contributed by atoms with Crippen molar-refractivity contribution in [1.29, 1.82) is 0 Å². The quantitative estimate of drug-likeness (QED) is 0.433. The Bertz CT molecular complexity index is 499. The normalized spacial score (nSPS) is 12.6. The van der Waals surface area contributed by atoms with Gasteiger partial charge in [0, 0.05) is 24.5 Å². The molecule has 0 saturated heterocycles. The highest BCUT2D eigenvalue weighted by atomic mass is 79.9. The minimum atomic E-state index is 0.160. The maximum Gasteiger partial charge on any atom is 0.0658 e.